The average Bonchev–Trinajstić information content (AvgIpc) is 2.89. The van der Waals surface area contributed by atoms with E-state index in [2.05, 4.69) is 11.4 Å². The van der Waals surface area contributed by atoms with Gasteiger partial charge in [-0.2, -0.15) is 10.5 Å². The molecule has 0 saturated heterocycles. The van der Waals surface area contributed by atoms with Crippen LogP contribution >= 0.6 is 0 Å². The number of anilines is 1. The molecule has 2 aromatic rings. The molecule has 1 heterocycles. The lowest BCUT2D eigenvalue weighted by Crippen LogP contribution is -2.13. The lowest BCUT2D eigenvalue weighted by molar-refractivity contribution is -0.112. The van der Waals surface area contributed by atoms with Gasteiger partial charge in [0, 0.05) is 25.0 Å². The van der Waals surface area contributed by atoms with E-state index in [1.807, 2.05) is 25.1 Å². The van der Waals surface area contributed by atoms with Crippen LogP contribution in [-0.4, -0.2) is 22.2 Å². The van der Waals surface area contributed by atoms with E-state index in [0.29, 0.717) is 23.4 Å². The summed E-state index contributed by atoms with van der Waals surface area (Å²) in [7, 11) is 1.76. The van der Waals surface area contributed by atoms with Crippen molar-refractivity contribution < 1.29 is 9.90 Å². The van der Waals surface area contributed by atoms with E-state index in [4.69, 9.17) is 10.4 Å². The van der Waals surface area contributed by atoms with E-state index in [1.54, 1.807) is 29.8 Å². The van der Waals surface area contributed by atoms with Gasteiger partial charge < -0.3 is 15.0 Å². The molecule has 1 aromatic carbocycles. The molecule has 6 nitrogen and oxygen atoms in total. The molecule has 0 aliphatic rings. The summed E-state index contributed by atoms with van der Waals surface area (Å²) in [5.41, 5.74) is 3.39. The van der Waals surface area contributed by atoms with Gasteiger partial charge in [0.05, 0.1) is 0 Å². The second-order valence-electron chi connectivity index (χ2n) is 5.54. The summed E-state index contributed by atoms with van der Waals surface area (Å²) in [5, 5.41) is 29.9. The third kappa shape index (κ3) is 4.14. The number of rotatable bonds is 5. The van der Waals surface area contributed by atoms with Gasteiger partial charge in [0.25, 0.3) is 5.91 Å². The minimum Gasteiger partial charge on any atom is -0.396 e. The van der Waals surface area contributed by atoms with Crippen LogP contribution in [0.3, 0.4) is 0 Å². The number of nitrogens with one attached hydrogen (secondary N) is 1. The Morgan fingerprint density at radius 2 is 2.00 bits per heavy atom. The lowest BCUT2D eigenvalue weighted by Gasteiger charge is -2.06. The summed E-state index contributed by atoms with van der Waals surface area (Å²) < 4.78 is 1.71. The van der Waals surface area contributed by atoms with Crippen molar-refractivity contribution in [3.8, 4) is 12.1 Å². The monoisotopic (exact) mass is 334 g/mol. The summed E-state index contributed by atoms with van der Waals surface area (Å²) in [4.78, 5) is 12.3. The largest absolute Gasteiger partial charge is 0.396 e. The number of aliphatic hydroxyl groups excluding tert-OH is 1. The summed E-state index contributed by atoms with van der Waals surface area (Å²) in [6, 6.07) is 12.7. The fraction of sp³-hybridized carbons (Fsp3) is 0.211. The molecule has 0 saturated carbocycles. The first-order valence-corrected chi connectivity index (χ1v) is 7.69. The molecule has 126 valence electrons. The Morgan fingerprint density at radius 3 is 2.52 bits per heavy atom. The molecule has 0 aliphatic carbocycles. The Labute approximate surface area is 146 Å². The standard InChI is InChI=1S/C19H18N4O2/c1-13-15(10-18(12-21)23(13)2)9-16(11-20)19(25)22-17-5-3-14(4-6-17)7-8-24/h3-6,9-10,24H,7-8H2,1-2H3,(H,22,25)/b16-9-. The number of nitrogens with zero attached hydrogens (tertiary/aromatic N) is 3. The first-order valence-electron chi connectivity index (χ1n) is 7.69. The number of benzene rings is 1. The number of carbonyl (C=O) groups excluding carboxylic acids is 1. The molecule has 2 N–H and O–H groups in total. The molecule has 25 heavy (non-hydrogen) atoms. The smallest absolute Gasteiger partial charge is 0.266 e. The Bertz CT molecular complexity index is 893. The summed E-state index contributed by atoms with van der Waals surface area (Å²) in [5.74, 6) is -0.515. The number of aliphatic hydroxyl groups is 1. The van der Waals surface area contributed by atoms with E-state index in [9.17, 15) is 10.1 Å². The molecule has 0 radical (unpaired) electrons. The average molecular weight is 334 g/mol. The molecule has 0 aliphatic heterocycles. The van der Waals surface area contributed by atoms with Crippen molar-refractivity contribution >= 4 is 17.7 Å². The number of carbonyl (C=O) groups is 1. The Kier molecular flexibility index (Phi) is 5.73. The third-order valence-corrected chi connectivity index (χ3v) is 3.97. The van der Waals surface area contributed by atoms with Gasteiger partial charge >= 0.3 is 0 Å². The number of hydrogen-bond acceptors (Lipinski definition) is 4. The molecule has 6 heteroatoms. The lowest BCUT2D eigenvalue weighted by atomic mass is 10.1. The fourth-order valence-electron chi connectivity index (χ4n) is 2.36. The van der Waals surface area contributed by atoms with Gasteiger partial charge in [0.1, 0.15) is 23.4 Å². The molecule has 0 fully saturated rings. The van der Waals surface area contributed by atoms with Crippen molar-refractivity contribution in [1.29, 1.82) is 10.5 Å². The quantitative estimate of drug-likeness (QED) is 0.647. The van der Waals surface area contributed by atoms with Crippen molar-refractivity contribution in [1.82, 2.24) is 4.57 Å². The minimum atomic E-state index is -0.515. The highest BCUT2D eigenvalue weighted by atomic mass is 16.3. The van der Waals surface area contributed by atoms with Crippen molar-refractivity contribution in [3.05, 3.63) is 58.4 Å². The Balaban J connectivity index is 2.21. The first-order chi connectivity index (χ1) is 12.0. The zero-order valence-electron chi connectivity index (χ0n) is 14.1. The van der Waals surface area contributed by atoms with Crippen LogP contribution in [0.5, 0.6) is 0 Å². The minimum absolute atomic E-state index is 0.0439. The van der Waals surface area contributed by atoms with E-state index < -0.39 is 5.91 Å². The van der Waals surface area contributed by atoms with Gasteiger partial charge in [-0.25, -0.2) is 0 Å². The van der Waals surface area contributed by atoms with Crippen LogP contribution in [0.1, 0.15) is 22.5 Å². The van der Waals surface area contributed by atoms with Crippen LogP contribution in [0.4, 0.5) is 5.69 Å². The van der Waals surface area contributed by atoms with Crippen molar-refractivity contribution in [3.63, 3.8) is 0 Å². The van der Waals surface area contributed by atoms with Gasteiger partial charge in [-0.1, -0.05) is 12.1 Å². The number of hydrogen-bond donors (Lipinski definition) is 2. The number of amides is 1. The zero-order valence-corrected chi connectivity index (χ0v) is 14.1. The van der Waals surface area contributed by atoms with Gasteiger partial charge in [-0.15, -0.1) is 0 Å². The van der Waals surface area contributed by atoms with E-state index in [0.717, 1.165) is 11.3 Å². The zero-order chi connectivity index (χ0) is 18.4. The second kappa shape index (κ2) is 7.96. The molecule has 0 atom stereocenters. The van der Waals surface area contributed by atoms with Crippen molar-refractivity contribution in [2.75, 3.05) is 11.9 Å². The molecule has 0 bridgehead atoms. The van der Waals surface area contributed by atoms with Gasteiger partial charge in [0.2, 0.25) is 0 Å². The van der Waals surface area contributed by atoms with Crippen LogP contribution in [0.15, 0.2) is 35.9 Å². The number of aromatic nitrogens is 1. The molecular formula is C19H18N4O2. The summed E-state index contributed by atoms with van der Waals surface area (Å²) in [6.45, 7) is 1.88. The molecule has 0 unspecified atom stereocenters. The predicted molar refractivity (Wildman–Crippen MR) is 94.3 cm³/mol. The maximum Gasteiger partial charge on any atom is 0.266 e. The first kappa shape index (κ1) is 18.0. The van der Waals surface area contributed by atoms with Crippen LogP contribution in [0, 0.1) is 29.6 Å². The molecule has 0 spiro atoms. The Morgan fingerprint density at radius 1 is 1.32 bits per heavy atom. The highest BCUT2D eigenvalue weighted by Gasteiger charge is 2.13. The van der Waals surface area contributed by atoms with E-state index >= 15 is 0 Å². The van der Waals surface area contributed by atoms with Crippen LogP contribution in [0.25, 0.3) is 6.08 Å². The van der Waals surface area contributed by atoms with Crippen LogP contribution in [-0.2, 0) is 18.3 Å². The highest BCUT2D eigenvalue weighted by Crippen LogP contribution is 2.18. The highest BCUT2D eigenvalue weighted by molar-refractivity contribution is 6.09. The van der Waals surface area contributed by atoms with E-state index in [1.165, 1.54) is 6.08 Å². The maximum absolute atomic E-state index is 12.3. The fourth-order valence-corrected chi connectivity index (χ4v) is 2.36. The van der Waals surface area contributed by atoms with Crippen LogP contribution in [0.2, 0.25) is 0 Å². The summed E-state index contributed by atoms with van der Waals surface area (Å²) >= 11 is 0. The summed E-state index contributed by atoms with van der Waals surface area (Å²) in [6.07, 6.45) is 2.03. The topological polar surface area (TPSA) is 102 Å². The molecule has 1 aromatic heterocycles. The molecule has 2 rings (SSSR count). The molecule has 1 amide bonds. The van der Waals surface area contributed by atoms with Gasteiger partial charge in [-0.05, 0) is 48.7 Å². The predicted octanol–water partition coefficient (Wildman–Crippen LogP) is 2.29. The molecular weight excluding hydrogens is 316 g/mol. The number of nitriles is 2. The SMILES string of the molecule is Cc1c(/C=C(/C#N)C(=O)Nc2ccc(CCO)cc2)cc(C#N)n1C. The Hall–Kier alpha value is -3.35. The normalized spacial score (nSPS) is 10.8. The van der Waals surface area contributed by atoms with Gasteiger partial charge in [0.15, 0.2) is 0 Å². The maximum atomic E-state index is 12.3. The van der Waals surface area contributed by atoms with Crippen LogP contribution < -0.4 is 5.32 Å². The van der Waals surface area contributed by atoms with Crippen molar-refractivity contribution in [2.24, 2.45) is 7.05 Å². The second-order valence-corrected chi connectivity index (χ2v) is 5.54. The van der Waals surface area contributed by atoms with E-state index in [-0.39, 0.29) is 12.2 Å². The third-order valence-electron chi connectivity index (χ3n) is 3.97. The van der Waals surface area contributed by atoms with Crippen molar-refractivity contribution in [2.45, 2.75) is 13.3 Å². The van der Waals surface area contributed by atoms with Gasteiger partial charge in [-0.3, -0.25) is 4.79 Å².